The van der Waals surface area contributed by atoms with E-state index in [-0.39, 0.29) is 23.5 Å². The fourth-order valence-corrected chi connectivity index (χ4v) is 4.84. The lowest BCUT2D eigenvalue weighted by atomic mass is 10.3. The molecule has 0 spiro atoms. The second kappa shape index (κ2) is 11.1. The summed E-state index contributed by atoms with van der Waals surface area (Å²) in [5.74, 6) is 0.908. The van der Waals surface area contributed by atoms with E-state index in [1.54, 1.807) is 36.5 Å². The first-order valence-electron chi connectivity index (χ1n) is 13.0. The molecule has 2 saturated heterocycles. The number of likely N-dealkylation sites (N-methyl/N-ethyl adjacent to an activating group) is 1. The zero-order chi connectivity index (χ0) is 27.6. The number of methoxy groups -OCH3 is 1. The smallest absolute Gasteiger partial charge is 0.296 e. The Hall–Kier alpha value is -4.17. The Morgan fingerprint density at radius 1 is 1.02 bits per heavy atom. The number of hydrogen-bond acceptors (Lipinski definition) is 11. The third-order valence-electron chi connectivity index (χ3n) is 6.82. The third-order valence-corrected chi connectivity index (χ3v) is 6.82. The lowest BCUT2D eigenvalue weighted by Gasteiger charge is -2.27. The molecule has 1 N–H and O–H groups in total. The molecule has 0 saturated carbocycles. The van der Waals surface area contributed by atoms with Crippen molar-refractivity contribution in [1.29, 1.82) is 0 Å². The molecule has 6 rings (SSSR count). The Morgan fingerprint density at radius 2 is 1.85 bits per heavy atom. The molecule has 1 aromatic carbocycles. The molecule has 210 valence electrons. The minimum Gasteiger partial charge on any atom is -0.494 e. The minimum absolute atomic E-state index is 0.00307. The highest BCUT2D eigenvalue weighted by atomic mass is 19.3. The number of fused-ring (bicyclic) bond motifs is 1. The van der Waals surface area contributed by atoms with Crippen LogP contribution in [0.25, 0.3) is 17.0 Å². The zero-order valence-electron chi connectivity index (χ0n) is 22.1. The molecule has 1 atom stereocenters. The van der Waals surface area contributed by atoms with Gasteiger partial charge in [0.15, 0.2) is 5.82 Å². The first kappa shape index (κ1) is 26.1. The van der Waals surface area contributed by atoms with Crippen LogP contribution < -0.4 is 19.7 Å². The van der Waals surface area contributed by atoms with Crippen molar-refractivity contribution in [2.45, 2.75) is 19.0 Å². The summed E-state index contributed by atoms with van der Waals surface area (Å²) in [6.45, 7) is 3.94. The van der Waals surface area contributed by atoms with Gasteiger partial charge in [-0.05, 0) is 31.7 Å². The van der Waals surface area contributed by atoms with Gasteiger partial charge in [0.2, 0.25) is 23.7 Å². The molecule has 1 unspecified atom stereocenters. The van der Waals surface area contributed by atoms with E-state index in [0.29, 0.717) is 55.1 Å². The van der Waals surface area contributed by atoms with Crippen LogP contribution in [0.5, 0.6) is 11.6 Å². The zero-order valence-corrected chi connectivity index (χ0v) is 22.1. The Bertz CT molecular complexity index is 1480. The van der Waals surface area contributed by atoms with Crippen LogP contribution in [0.3, 0.4) is 0 Å². The molecule has 4 aromatic rings. The second-order valence-corrected chi connectivity index (χ2v) is 9.59. The Balaban J connectivity index is 1.37. The number of anilines is 3. The van der Waals surface area contributed by atoms with Gasteiger partial charge in [-0.2, -0.15) is 15.0 Å². The maximum Gasteiger partial charge on any atom is 0.296 e. The van der Waals surface area contributed by atoms with E-state index in [0.717, 1.165) is 19.5 Å². The molecule has 3 aromatic heterocycles. The van der Waals surface area contributed by atoms with Crippen LogP contribution in [-0.4, -0.2) is 94.0 Å². The highest BCUT2D eigenvalue weighted by molar-refractivity contribution is 5.84. The SMILES string of the molecule is COc1cccc2c1nc(C(F)F)n2-c1nc(Nc2ccc(OC3CCN(C)C3)nc2)nc(N2CCOCC2)n1. The van der Waals surface area contributed by atoms with Crippen molar-refractivity contribution in [3.63, 3.8) is 0 Å². The first-order chi connectivity index (χ1) is 19.5. The number of ether oxygens (including phenoxy) is 3. The fraction of sp³-hybridized carbons (Fsp3) is 0.423. The van der Waals surface area contributed by atoms with Gasteiger partial charge in [0, 0.05) is 32.2 Å². The van der Waals surface area contributed by atoms with Gasteiger partial charge in [-0.3, -0.25) is 4.57 Å². The third kappa shape index (κ3) is 5.31. The molecular weight excluding hydrogens is 524 g/mol. The predicted molar refractivity (Wildman–Crippen MR) is 143 cm³/mol. The fourth-order valence-electron chi connectivity index (χ4n) is 4.84. The Kier molecular flexibility index (Phi) is 7.26. The predicted octanol–water partition coefficient (Wildman–Crippen LogP) is 3.21. The van der Waals surface area contributed by atoms with Gasteiger partial charge in [0.25, 0.3) is 6.43 Å². The molecule has 14 heteroatoms. The summed E-state index contributed by atoms with van der Waals surface area (Å²) in [5, 5.41) is 3.14. The standard InChI is InChI=1S/C26H29F2N9O3/c1-35-9-8-17(15-35)40-20-7-6-16(14-29-20)30-24-32-25(36-10-12-39-13-11-36)34-26(33-24)37-18-4-3-5-19(38-2)21(18)31-23(37)22(27)28/h3-7,14,17,22H,8-13,15H2,1-2H3,(H,30,32,33,34). The molecule has 2 aliphatic heterocycles. The van der Waals surface area contributed by atoms with E-state index in [9.17, 15) is 8.78 Å². The van der Waals surface area contributed by atoms with Crippen molar-refractivity contribution >= 4 is 28.6 Å². The van der Waals surface area contributed by atoms with E-state index in [4.69, 9.17) is 14.2 Å². The van der Waals surface area contributed by atoms with E-state index >= 15 is 0 Å². The normalized spacial score (nSPS) is 18.0. The molecule has 0 bridgehead atoms. The van der Waals surface area contributed by atoms with Gasteiger partial charge in [0.1, 0.15) is 17.4 Å². The van der Waals surface area contributed by atoms with E-state index in [2.05, 4.69) is 42.2 Å². The van der Waals surface area contributed by atoms with E-state index < -0.39 is 12.2 Å². The first-order valence-corrected chi connectivity index (χ1v) is 13.0. The van der Waals surface area contributed by atoms with E-state index in [1.807, 2.05) is 4.90 Å². The van der Waals surface area contributed by atoms with Crippen LogP contribution >= 0.6 is 0 Å². The average molecular weight is 554 g/mol. The molecule has 40 heavy (non-hydrogen) atoms. The van der Waals surface area contributed by atoms with Crippen molar-refractivity contribution in [2.75, 3.05) is 63.8 Å². The molecule has 12 nitrogen and oxygen atoms in total. The highest BCUT2D eigenvalue weighted by Crippen LogP contribution is 2.32. The number of likely N-dealkylation sites (tertiary alicyclic amines) is 1. The number of halogens is 2. The van der Waals surface area contributed by atoms with Gasteiger partial charge in [0.05, 0.1) is 37.7 Å². The van der Waals surface area contributed by atoms with Gasteiger partial charge in [-0.15, -0.1) is 0 Å². The Morgan fingerprint density at radius 3 is 2.55 bits per heavy atom. The lowest BCUT2D eigenvalue weighted by Crippen LogP contribution is -2.37. The van der Waals surface area contributed by atoms with Crippen LogP contribution in [0.2, 0.25) is 0 Å². The van der Waals surface area contributed by atoms with Crippen molar-refractivity contribution in [3.8, 4) is 17.6 Å². The maximum atomic E-state index is 14.2. The average Bonchev–Trinajstić information content (AvgIpc) is 3.57. The summed E-state index contributed by atoms with van der Waals surface area (Å²) in [6.07, 6.45) is -0.209. The molecule has 0 amide bonds. The monoisotopic (exact) mass is 553 g/mol. The number of nitrogens with one attached hydrogen (secondary N) is 1. The summed E-state index contributed by atoms with van der Waals surface area (Å²) in [4.78, 5) is 26.4. The molecule has 0 radical (unpaired) electrons. The van der Waals surface area contributed by atoms with Crippen molar-refractivity contribution in [1.82, 2.24) is 34.4 Å². The summed E-state index contributed by atoms with van der Waals surface area (Å²) in [6, 6.07) is 8.63. The Labute approximate surface area is 228 Å². The van der Waals surface area contributed by atoms with Crippen LogP contribution in [0.4, 0.5) is 26.4 Å². The summed E-state index contributed by atoms with van der Waals surface area (Å²) in [5.41, 5.74) is 1.28. The largest absolute Gasteiger partial charge is 0.494 e. The number of pyridine rings is 1. The molecule has 0 aliphatic carbocycles. The number of nitrogens with zero attached hydrogens (tertiary/aromatic N) is 8. The van der Waals surface area contributed by atoms with Gasteiger partial charge >= 0.3 is 0 Å². The molecular formula is C26H29F2N9O3. The summed E-state index contributed by atoms with van der Waals surface area (Å²) < 4.78 is 46.5. The number of alkyl halides is 2. The van der Waals surface area contributed by atoms with Crippen LogP contribution in [0.1, 0.15) is 18.7 Å². The second-order valence-electron chi connectivity index (χ2n) is 9.59. The molecule has 5 heterocycles. The topological polar surface area (TPSA) is 116 Å². The van der Waals surface area contributed by atoms with Gasteiger partial charge in [-0.1, -0.05) is 6.07 Å². The van der Waals surface area contributed by atoms with E-state index in [1.165, 1.54) is 11.7 Å². The number of imidazole rings is 1. The van der Waals surface area contributed by atoms with Gasteiger partial charge < -0.3 is 29.3 Å². The highest BCUT2D eigenvalue weighted by Gasteiger charge is 2.26. The number of aromatic nitrogens is 6. The number of morpholine rings is 1. The van der Waals surface area contributed by atoms with Crippen LogP contribution in [0, 0.1) is 0 Å². The maximum absolute atomic E-state index is 14.2. The number of hydrogen-bond donors (Lipinski definition) is 1. The molecule has 2 fully saturated rings. The molecule has 2 aliphatic rings. The number of benzene rings is 1. The number of para-hydroxylation sites is 1. The minimum atomic E-state index is -2.88. The van der Waals surface area contributed by atoms with Crippen molar-refractivity contribution in [3.05, 3.63) is 42.4 Å². The van der Waals surface area contributed by atoms with Gasteiger partial charge in [-0.25, -0.2) is 18.7 Å². The lowest BCUT2D eigenvalue weighted by molar-refractivity contribution is 0.122. The summed E-state index contributed by atoms with van der Waals surface area (Å²) >= 11 is 0. The van der Waals surface area contributed by atoms with Crippen molar-refractivity contribution < 1.29 is 23.0 Å². The summed E-state index contributed by atoms with van der Waals surface area (Å²) in [7, 11) is 3.53. The van der Waals surface area contributed by atoms with Crippen LogP contribution in [0.15, 0.2) is 36.5 Å². The number of rotatable bonds is 8. The quantitative estimate of drug-likeness (QED) is 0.347. The van der Waals surface area contributed by atoms with Crippen LogP contribution in [-0.2, 0) is 4.74 Å². The van der Waals surface area contributed by atoms with Crippen molar-refractivity contribution in [2.24, 2.45) is 0 Å².